The van der Waals surface area contributed by atoms with Crippen molar-refractivity contribution < 1.29 is 0 Å². The molecule has 0 aromatic rings. The summed E-state index contributed by atoms with van der Waals surface area (Å²) >= 11 is 0. The molecule has 0 bridgehead atoms. The van der Waals surface area contributed by atoms with Crippen molar-refractivity contribution in [2.45, 2.75) is 102 Å². The number of nitrogens with zero attached hydrogens (tertiary/aromatic N) is 1. The molecule has 20 heavy (non-hydrogen) atoms. The molecule has 4 aliphatic rings. The van der Waals surface area contributed by atoms with Crippen molar-refractivity contribution in [1.82, 2.24) is 4.90 Å². The zero-order valence-electron chi connectivity index (χ0n) is 13.4. The van der Waals surface area contributed by atoms with Gasteiger partial charge >= 0.3 is 0 Å². The van der Waals surface area contributed by atoms with E-state index in [0.717, 1.165) is 35.9 Å². The van der Waals surface area contributed by atoms with Crippen molar-refractivity contribution in [2.75, 3.05) is 0 Å². The monoisotopic (exact) mass is 275 g/mol. The first-order valence-electron chi connectivity index (χ1n) is 9.63. The van der Waals surface area contributed by atoms with E-state index >= 15 is 0 Å². The van der Waals surface area contributed by atoms with Crippen LogP contribution in [0.15, 0.2) is 0 Å². The van der Waals surface area contributed by atoms with Crippen LogP contribution in [0.25, 0.3) is 0 Å². The lowest BCUT2D eigenvalue weighted by atomic mass is 9.71. The molecule has 4 rings (SSSR count). The summed E-state index contributed by atoms with van der Waals surface area (Å²) in [7, 11) is 0. The molecule has 0 spiro atoms. The highest BCUT2D eigenvalue weighted by molar-refractivity contribution is 5.06. The third kappa shape index (κ3) is 2.16. The van der Waals surface area contributed by atoms with Gasteiger partial charge in [-0.05, 0) is 56.3 Å². The minimum Gasteiger partial charge on any atom is -0.294 e. The van der Waals surface area contributed by atoms with Crippen LogP contribution in [0.5, 0.6) is 0 Å². The van der Waals surface area contributed by atoms with Crippen LogP contribution < -0.4 is 0 Å². The lowest BCUT2D eigenvalue weighted by Gasteiger charge is -2.44. The van der Waals surface area contributed by atoms with Crippen LogP contribution in [0, 0.1) is 17.8 Å². The summed E-state index contributed by atoms with van der Waals surface area (Å²) < 4.78 is 0. The van der Waals surface area contributed by atoms with E-state index < -0.39 is 0 Å². The van der Waals surface area contributed by atoms with Crippen LogP contribution >= 0.6 is 0 Å². The second-order valence-electron chi connectivity index (χ2n) is 8.32. The molecule has 114 valence electrons. The minimum absolute atomic E-state index is 0.963. The van der Waals surface area contributed by atoms with Gasteiger partial charge in [-0.25, -0.2) is 0 Å². The molecule has 1 nitrogen and oxygen atoms in total. The van der Waals surface area contributed by atoms with Gasteiger partial charge in [0.25, 0.3) is 0 Å². The van der Waals surface area contributed by atoms with E-state index in [4.69, 9.17) is 0 Å². The van der Waals surface area contributed by atoms with E-state index in [1.54, 1.807) is 12.8 Å². The smallest absolute Gasteiger partial charge is 0.0158 e. The highest BCUT2D eigenvalue weighted by Crippen LogP contribution is 2.52. The summed E-state index contributed by atoms with van der Waals surface area (Å²) in [5, 5.41) is 0. The first-order valence-corrected chi connectivity index (χ1v) is 9.63. The number of fused-ring (bicyclic) bond motifs is 3. The summed E-state index contributed by atoms with van der Waals surface area (Å²) in [6, 6.07) is 2.92. The maximum Gasteiger partial charge on any atom is 0.0158 e. The van der Waals surface area contributed by atoms with Gasteiger partial charge in [0.05, 0.1) is 0 Å². The van der Waals surface area contributed by atoms with Crippen LogP contribution in [0.1, 0.15) is 84.0 Å². The standard InChI is InChI=1S/C19H33N/c1-14-8-7-12-17-16-11-5-6-13-18(16)20(19(14)17)15-9-3-2-4-10-15/h14-19H,2-13H2,1H3/t14-,16?,17?,18?,19?/m1/s1. The normalized spacial score (nSPS) is 47.0. The van der Waals surface area contributed by atoms with Gasteiger partial charge in [-0.3, -0.25) is 4.90 Å². The topological polar surface area (TPSA) is 3.24 Å². The molecular formula is C19H33N. The zero-order chi connectivity index (χ0) is 13.5. The van der Waals surface area contributed by atoms with Gasteiger partial charge in [0.2, 0.25) is 0 Å². The SMILES string of the molecule is C[C@@H]1CCCC2C3CCCCC3N(C3CCCCC3)C21. The summed E-state index contributed by atoms with van der Waals surface area (Å²) in [6.07, 6.45) is 18.2. The molecule has 1 saturated heterocycles. The largest absolute Gasteiger partial charge is 0.294 e. The van der Waals surface area contributed by atoms with E-state index in [1.807, 2.05) is 0 Å². The molecule has 0 aromatic carbocycles. The molecule has 0 radical (unpaired) electrons. The molecule has 3 saturated carbocycles. The Bertz CT molecular complexity index is 333. The van der Waals surface area contributed by atoms with E-state index in [9.17, 15) is 0 Å². The van der Waals surface area contributed by atoms with Gasteiger partial charge in [0.1, 0.15) is 0 Å². The number of hydrogen-bond donors (Lipinski definition) is 0. The Balaban J connectivity index is 1.62. The van der Waals surface area contributed by atoms with E-state index in [-0.39, 0.29) is 0 Å². The zero-order valence-corrected chi connectivity index (χ0v) is 13.4. The minimum atomic E-state index is 0.963. The van der Waals surface area contributed by atoms with Crippen LogP contribution in [0.3, 0.4) is 0 Å². The van der Waals surface area contributed by atoms with Crippen molar-refractivity contribution in [3.63, 3.8) is 0 Å². The number of likely N-dealkylation sites (tertiary alicyclic amines) is 1. The van der Waals surface area contributed by atoms with Gasteiger partial charge in [0, 0.05) is 18.1 Å². The van der Waals surface area contributed by atoms with Gasteiger partial charge in [-0.1, -0.05) is 45.4 Å². The second kappa shape index (κ2) is 5.63. The second-order valence-corrected chi connectivity index (χ2v) is 8.32. The van der Waals surface area contributed by atoms with E-state index in [1.165, 1.54) is 64.2 Å². The highest BCUT2D eigenvalue weighted by Gasteiger charge is 2.53. The summed E-state index contributed by atoms with van der Waals surface area (Å²) in [5.74, 6) is 3.13. The van der Waals surface area contributed by atoms with Crippen LogP contribution in [-0.2, 0) is 0 Å². The van der Waals surface area contributed by atoms with Crippen molar-refractivity contribution in [2.24, 2.45) is 17.8 Å². The van der Waals surface area contributed by atoms with Gasteiger partial charge < -0.3 is 0 Å². The quantitative estimate of drug-likeness (QED) is 0.651. The number of hydrogen-bond acceptors (Lipinski definition) is 1. The number of rotatable bonds is 1. The van der Waals surface area contributed by atoms with Gasteiger partial charge in [-0.15, -0.1) is 0 Å². The van der Waals surface area contributed by atoms with Crippen molar-refractivity contribution in [3.05, 3.63) is 0 Å². The van der Waals surface area contributed by atoms with Crippen LogP contribution in [-0.4, -0.2) is 23.0 Å². The van der Waals surface area contributed by atoms with Crippen molar-refractivity contribution in [1.29, 1.82) is 0 Å². The van der Waals surface area contributed by atoms with E-state index in [2.05, 4.69) is 11.8 Å². The molecule has 3 aliphatic carbocycles. The van der Waals surface area contributed by atoms with Crippen LogP contribution in [0.2, 0.25) is 0 Å². The molecule has 0 aromatic heterocycles. The van der Waals surface area contributed by atoms with E-state index in [0.29, 0.717) is 0 Å². The lowest BCUT2D eigenvalue weighted by molar-refractivity contribution is 0.0417. The highest BCUT2D eigenvalue weighted by atomic mass is 15.3. The Morgan fingerprint density at radius 1 is 0.650 bits per heavy atom. The summed E-state index contributed by atoms with van der Waals surface area (Å²) in [4.78, 5) is 3.14. The fourth-order valence-corrected chi connectivity index (χ4v) is 6.55. The Morgan fingerprint density at radius 2 is 1.35 bits per heavy atom. The average Bonchev–Trinajstić information content (AvgIpc) is 2.84. The molecule has 1 heterocycles. The molecular weight excluding hydrogens is 242 g/mol. The molecule has 5 atom stereocenters. The van der Waals surface area contributed by atoms with Gasteiger partial charge in [-0.2, -0.15) is 0 Å². The predicted octanol–water partition coefficient (Wildman–Crippen LogP) is 5.00. The maximum atomic E-state index is 3.14. The predicted molar refractivity (Wildman–Crippen MR) is 84.8 cm³/mol. The molecule has 0 N–H and O–H groups in total. The molecule has 4 fully saturated rings. The first-order chi connectivity index (χ1) is 9.86. The van der Waals surface area contributed by atoms with Crippen LogP contribution in [0.4, 0.5) is 0 Å². The third-order valence-corrected chi connectivity index (χ3v) is 7.27. The Hall–Kier alpha value is -0.0400. The van der Waals surface area contributed by atoms with Crippen molar-refractivity contribution >= 4 is 0 Å². The molecule has 4 unspecified atom stereocenters. The Labute approximate surface area is 125 Å². The summed E-state index contributed by atoms with van der Waals surface area (Å²) in [6.45, 7) is 2.57. The Kier molecular flexibility index (Phi) is 3.83. The fourth-order valence-electron chi connectivity index (χ4n) is 6.55. The third-order valence-electron chi connectivity index (χ3n) is 7.27. The fraction of sp³-hybridized carbons (Fsp3) is 1.00. The molecule has 1 aliphatic heterocycles. The maximum absolute atomic E-state index is 3.14. The molecule has 1 heteroatoms. The Morgan fingerprint density at radius 3 is 2.20 bits per heavy atom. The first kappa shape index (κ1) is 13.6. The summed E-state index contributed by atoms with van der Waals surface area (Å²) in [5.41, 5.74) is 0. The van der Waals surface area contributed by atoms with Crippen molar-refractivity contribution in [3.8, 4) is 0 Å². The molecule has 0 amide bonds. The van der Waals surface area contributed by atoms with Gasteiger partial charge in [0.15, 0.2) is 0 Å². The lowest BCUT2D eigenvalue weighted by Crippen LogP contribution is -2.49. The average molecular weight is 275 g/mol.